The maximum Gasteiger partial charge on any atom is 0.252 e. The highest BCUT2D eigenvalue weighted by Crippen LogP contribution is 2.43. The lowest BCUT2D eigenvalue weighted by atomic mass is 9.63. The second-order valence-corrected chi connectivity index (χ2v) is 10.8. The highest BCUT2D eigenvalue weighted by atomic mass is 16.2. The van der Waals surface area contributed by atoms with Gasteiger partial charge in [0, 0.05) is 17.0 Å². The molecule has 2 amide bonds. The third-order valence-electron chi connectivity index (χ3n) is 4.78. The number of nitrogens with one attached hydrogen (secondary N) is 2. The van der Waals surface area contributed by atoms with Gasteiger partial charge in [0.1, 0.15) is 0 Å². The Hall–Kier alpha value is -1.72. The van der Waals surface area contributed by atoms with E-state index in [4.69, 9.17) is 5.41 Å². The second-order valence-electron chi connectivity index (χ2n) is 10.8. The Kier molecular flexibility index (Phi) is 6.36. The van der Waals surface area contributed by atoms with Gasteiger partial charge in [0.05, 0.1) is 17.4 Å². The van der Waals surface area contributed by atoms with Crippen LogP contribution >= 0.6 is 0 Å². The molecule has 1 aliphatic rings. The molecule has 0 aromatic carbocycles. The molecule has 0 fully saturated rings. The van der Waals surface area contributed by atoms with Crippen LogP contribution in [0.3, 0.4) is 0 Å². The Labute approximate surface area is 164 Å². The minimum Gasteiger partial charge on any atom is -0.351 e. The maximum atomic E-state index is 13.3. The van der Waals surface area contributed by atoms with Crippen LogP contribution in [0.4, 0.5) is 0 Å². The van der Waals surface area contributed by atoms with Crippen molar-refractivity contribution in [3.05, 3.63) is 0 Å². The molecule has 1 aliphatic heterocycles. The number of rotatable bonds is 4. The molecule has 0 saturated carbocycles. The fourth-order valence-corrected chi connectivity index (χ4v) is 3.74. The van der Waals surface area contributed by atoms with Crippen LogP contribution < -0.4 is 5.32 Å². The minimum atomic E-state index is -0.691. The lowest BCUT2D eigenvalue weighted by molar-refractivity contribution is -0.140. The van der Waals surface area contributed by atoms with Gasteiger partial charge < -0.3 is 10.7 Å². The van der Waals surface area contributed by atoms with Gasteiger partial charge in [0.15, 0.2) is 0 Å². The van der Waals surface area contributed by atoms with Crippen molar-refractivity contribution >= 4 is 23.2 Å². The van der Waals surface area contributed by atoms with E-state index in [1.165, 1.54) is 5.01 Å². The van der Waals surface area contributed by atoms with E-state index in [2.05, 4.69) is 10.4 Å². The van der Waals surface area contributed by atoms with Crippen LogP contribution in [0.1, 0.15) is 76.2 Å². The molecule has 154 valence electrons. The zero-order valence-electron chi connectivity index (χ0n) is 18.9. The molecule has 1 heterocycles. The third-order valence-corrected chi connectivity index (χ3v) is 4.78. The zero-order chi connectivity index (χ0) is 21.5. The maximum absolute atomic E-state index is 13.3. The average Bonchev–Trinajstić information content (AvgIpc) is 2.67. The van der Waals surface area contributed by atoms with Gasteiger partial charge >= 0.3 is 0 Å². The van der Waals surface area contributed by atoms with Crippen molar-refractivity contribution in [1.29, 1.82) is 5.41 Å². The van der Waals surface area contributed by atoms with Gasteiger partial charge in [-0.25, -0.2) is 5.01 Å². The van der Waals surface area contributed by atoms with Crippen molar-refractivity contribution in [3.8, 4) is 0 Å². The third kappa shape index (κ3) is 5.39. The number of carbonyl (C=O) groups excluding carboxylic acids is 2. The molecular weight excluding hydrogens is 340 g/mol. The first-order chi connectivity index (χ1) is 11.9. The summed E-state index contributed by atoms with van der Waals surface area (Å²) in [6, 6.07) is 0. The van der Waals surface area contributed by atoms with Crippen molar-refractivity contribution in [2.75, 3.05) is 0 Å². The molecule has 0 spiro atoms. The summed E-state index contributed by atoms with van der Waals surface area (Å²) >= 11 is 0. The van der Waals surface area contributed by atoms with Crippen LogP contribution in [0.15, 0.2) is 5.10 Å². The standard InChI is InChI=1S/C21H38N4O2/c1-12(22)14(17(26)23-20(6,7)8)16(19(3,4)5)15-13(2)24-25(18(15)27)21(9,10)11/h14-16,22H,1-11H3,(H,23,26). The number of hydrogen-bond donors (Lipinski definition) is 2. The molecule has 3 atom stereocenters. The number of amides is 2. The summed E-state index contributed by atoms with van der Waals surface area (Å²) in [5.74, 6) is -1.86. The van der Waals surface area contributed by atoms with Crippen LogP contribution in [0.2, 0.25) is 0 Å². The summed E-state index contributed by atoms with van der Waals surface area (Å²) in [6.45, 7) is 21.2. The molecular formula is C21H38N4O2. The molecule has 0 aromatic heterocycles. The first-order valence-corrected chi connectivity index (χ1v) is 9.64. The summed E-state index contributed by atoms with van der Waals surface area (Å²) in [7, 11) is 0. The predicted octanol–water partition coefficient (Wildman–Crippen LogP) is 3.85. The van der Waals surface area contributed by atoms with E-state index in [0.29, 0.717) is 5.71 Å². The monoisotopic (exact) mass is 378 g/mol. The molecule has 0 radical (unpaired) electrons. The van der Waals surface area contributed by atoms with Crippen molar-refractivity contribution in [2.45, 2.75) is 87.2 Å². The lowest BCUT2D eigenvalue weighted by Crippen LogP contribution is -2.53. The van der Waals surface area contributed by atoms with Crippen molar-refractivity contribution in [1.82, 2.24) is 10.3 Å². The summed E-state index contributed by atoms with van der Waals surface area (Å²) in [5, 5.41) is 17.4. The second kappa shape index (κ2) is 7.36. The Morgan fingerprint density at radius 3 is 1.89 bits per heavy atom. The SMILES string of the molecule is CC(=N)C(C(=O)NC(C)(C)C)C(C1C(=O)N(C(C)(C)C)N=C1C)C(C)(C)C. The van der Waals surface area contributed by atoms with Crippen molar-refractivity contribution < 1.29 is 9.59 Å². The van der Waals surface area contributed by atoms with Gasteiger partial charge in [-0.1, -0.05) is 20.8 Å². The molecule has 0 saturated heterocycles. The fraction of sp³-hybridized carbons (Fsp3) is 0.810. The van der Waals surface area contributed by atoms with E-state index in [1.54, 1.807) is 6.92 Å². The van der Waals surface area contributed by atoms with Gasteiger partial charge in [-0.2, -0.15) is 5.10 Å². The van der Waals surface area contributed by atoms with Gasteiger partial charge in [-0.15, -0.1) is 0 Å². The van der Waals surface area contributed by atoms with E-state index in [9.17, 15) is 9.59 Å². The number of hydrazone groups is 1. The fourth-order valence-electron chi connectivity index (χ4n) is 3.74. The van der Waals surface area contributed by atoms with Gasteiger partial charge in [0.25, 0.3) is 5.91 Å². The Balaban J connectivity index is 3.45. The van der Waals surface area contributed by atoms with Crippen LogP contribution in [0.5, 0.6) is 0 Å². The molecule has 6 nitrogen and oxygen atoms in total. The summed E-state index contributed by atoms with van der Waals surface area (Å²) < 4.78 is 0. The Morgan fingerprint density at radius 1 is 1.11 bits per heavy atom. The normalized spacial score (nSPS) is 21.0. The topological polar surface area (TPSA) is 85.6 Å². The first-order valence-electron chi connectivity index (χ1n) is 9.64. The number of nitrogens with zero attached hydrogens (tertiary/aromatic N) is 2. The van der Waals surface area contributed by atoms with Crippen LogP contribution in [0.25, 0.3) is 0 Å². The molecule has 0 aromatic rings. The summed E-state index contributed by atoms with van der Waals surface area (Å²) in [5.41, 5.74) is -0.227. The number of hydrogen-bond acceptors (Lipinski definition) is 4. The van der Waals surface area contributed by atoms with E-state index in [-0.39, 0.29) is 28.9 Å². The van der Waals surface area contributed by atoms with Crippen LogP contribution in [-0.4, -0.2) is 39.3 Å². The number of carbonyl (C=O) groups is 2. The molecule has 6 heteroatoms. The Bertz CT molecular complexity index is 643. The van der Waals surface area contributed by atoms with Crippen molar-refractivity contribution in [2.24, 2.45) is 28.3 Å². The van der Waals surface area contributed by atoms with Crippen LogP contribution in [0, 0.1) is 28.6 Å². The highest BCUT2D eigenvalue weighted by molar-refractivity contribution is 6.10. The smallest absolute Gasteiger partial charge is 0.252 e. The largest absolute Gasteiger partial charge is 0.351 e. The van der Waals surface area contributed by atoms with E-state index < -0.39 is 22.9 Å². The Morgan fingerprint density at radius 2 is 1.59 bits per heavy atom. The minimum absolute atomic E-state index is 0.0882. The quantitative estimate of drug-likeness (QED) is 0.728. The predicted molar refractivity (Wildman–Crippen MR) is 111 cm³/mol. The first kappa shape index (κ1) is 23.3. The van der Waals surface area contributed by atoms with Gasteiger partial charge in [-0.05, 0) is 66.7 Å². The summed E-state index contributed by atoms with van der Waals surface area (Å²) in [6.07, 6.45) is 0. The van der Waals surface area contributed by atoms with Crippen LogP contribution in [-0.2, 0) is 9.59 Å². The molecule has 2 N–H and O–H groups in total. The summed E-state index contributed by atoms with van der Waals surface area (Å²) in [4.78, 5) is 26.4. The van der Waals surface area contributed by atoms with E-state index in [0.717, 1.165) is 0 Å². The molecule has 0 aliphatic carbocycles. The average molecular weight is 379 g/mol. The molecule has 3 unspecified atom stereocenters. The molecule has 27 heavy (non-hydrogen) atoms. The zero-order valence-corrected chi connectivity index (χ0v) is 18.9. The lowest BCUT2D eigenvalue weighted by Gasteiger charge is -2.41. The van der Waals surface area contributed by atoms with Crippen molar-refractivity contribution in [3.63, 3.8) is 0 Å². The van der Waals surface area contributed by atoms with E-state index in [1.807, 2.05) is 69.2 Å². The van der Waals surface area contributed by atoms with E-state index >= 15 is 0 Å². The highest BCUT2D eigenvalue weighted by Gasteiger charge is 2.51. The molecule has 0 bridgehead atoms. The molecule has 1 rings (SSSR count). The van der Waals surface area contributed by atoms with Gasteiger partial charge in [-0.3, -0.25) is 9.59 Å². The van der Waals surface area contributed by atoms with Gasteiger partial charge in [0.2, 0.25) is 5.91 Å².